The van der Waals surface area contributed by atoms with Gasteiger partial charge in [-0.2, -0.15) is 0 Å². The third-order valence-electron chi connectivity index (χ3n) is 2.87. The first-order chi connectivity index (χ1) is 9.31. The van der Waals surface area contributed by atoms with E-state index in [1.165, 1.54) is 0 Å². The molecule has 0 fully saturated rings. The molecule has 0 saturated heterocycles. The molecular formula is C13H21IN4O2. The zero-order chi connectivity index (χ0) is 13.5. The van der Waals surface area contributed by atoms with Gasteiger partial charge < -0.3 is 19.7 Å². The van der Waals surface area contributed by atoms with E-state index in [-0.39, 0.29) is 24.0 Å². The highest BCUT2D eigenvalue weighted by Gasteiger charge is 2.12. The van der Waals surface area contributed by atoms with Crippen molar-refractivity contribution < 1.29 is 9.47 Å². The predicted octanol–water partition coefficient (Wildman–Crippen LogP) is 1.12. The lowest BCUT2D eigenvalue weighted by molar-refractivity contribution is 0.143. The van der Waals surface area contributed by atoms with Crippen LogP contribution in [0.3, 0.4) is 0 Å². The molecular weight excluding hydrogens is 371 g/mol. The van der Waals surface area contributed by atoms with Gasteiger partial charge in [0.05, 0.1) is 13.2 Å². The standard InChI is InChI=1S/C13H20N4O2.HI/c1-17-7-6-15-13(17)16-10-11-4-3-5-14-12(11)19-9-8-18-2;/h3-5H,6-10H2,1-2H3,(H,15,16);1H. The smallest absolute Gasteiger partial charge is 0.218 e. The zero-order valence-electron chi connectivity index (χ0n) is 11.8. The van der Waals surface area contributed by atoms with Crippen LogP contribution >= 0.6 is 24.0 Å². The van der Waals surface area contributed by atoms with E-state index >= 15 is 0 Å². The van der Waals surface area contributed by atoms with Crippen LogP contribution in [-0.2, 0) is 11.3 Å². The highest BCUT2D eigenvalue weighted by atomic mass is 127. The molecule has 112 valence electrons. The molecule has 6 nitrogen and oxygen atoms in total. The fourth-order valence-electron chi connectivity index (χ4n) is 1.81. The normalized spacial score (nSPS) is 13.7. The summed E-state index contributed by atoms with van der Waals surface area (Å²) in [6.07, 6.45) is 1.73. The van der Waals surface area contributed by atoms with Crippen molar-refractivity contribution in [3.05, 3.63) is 23.9 Å². The van der Waals surface area contributed by atoms with E-state index in [1.54, 1.807) is 13.3 Å². The monoisotopic (exact) mass is 392 g/mol. The van der Waals surface area contributed by atoms with Gasteiger partial charge in [-0.25, -0.2) is 4.98 Å². The summed E-state index contributed by atoms with van der Waals surface area (Å²) in [6, 6.07) is 3.90. The number of aliphatic imine (C=N–C) groups is 1. The Morgan fingerprint density at radius 2 is 2.25 bits per heavy atom. The summed E-state index contributed by atoms with van der Waals surface area (Å²) in [5.74, 6) is 1.57. The van der Waals surface area contributed by atoms with Crippen molar-refractivity contribution in [1.29, 1.82) is 0 Å². The first kappa shape index (κ1) is 17.0. The van der Waals surface area contributed by atoms with Gasteiger partial charge in [0.25, 0.3) is 0 Å². The van der Waals surface area contributed by atoms with Gasteiger partial charge in [-0.05, 0) is 6.07 Å². The number of rotatable bonds is 6. The first-order valence-corrected chi connectivity index (χ1v) is 6.36. The molecule has 0 aliphatic carbocycles. The number of halogens is 1. The third-order valence-corrected chi connectivity index (χ3v) is 2.87. The highest BCUT2D eigenvalue weighted by Crippen LogP contribution is 2.14. The molecule has 1 N–H and O–H groups in total. The average molecular weight is 392 g/mol. The molecule has 0 radical (unpaired) electrons. The van der Waals surface area contributed by atoms with Crippen molar-refractivity contribution in [1.82, 2.24) is 15.2 Å². The average Bonchev–Trinajstić information content (AvgIpc) is 2.83. The van der Waals surface area contributed by atoms with Gasteiger partial charge in [0.15, 0.2) is 5.96 Å². The van der Waals surface area contributed by atoms with Gasteiger partial charge in [-0.15, -0.1) is 24.0 Å². The number of hydrogen-bond acceptors (Lipinski definition) is 6. The largest absolute Gasteiger partial charge is 0.475 e. The van der Waals surface area contributed by atoms with Crippen LogP contribution in [0.15, 0.2) is 23.3 Å². The van der Waals surface area contributed by atoms with Crippen molar-refractivity contribution in [2.24, 2.45) is 4.99 Å². The summed E-state index contributed by atoms with van der Waals surface area (Å²) in [5.41, 5.74) is 1.02. The molecule has 0 atom stereocenters. The third kappa shape index (κ3) is 4.78. The zero-order valence-corrected chi connectivity index (χ0v) is 14.2. The fourth-order valence-corrected chi connectivity index (χ4v) is 1.81. The molecule has 7 heteroatoms. The van der Waals surface area contributed by atoms with Gasteiger partial charge >= 0.3 is 0 Å². The van der Waals surface area contributed by atoms with Crippen molar-refractivity contribution in [3.63, 3.8) is 0 Å². The number of nitrogens with zero attached hydrogens (tertiary/aromatic N) is 3. The van der Waals surface area contributed by atoms with Crippen LogP contribution in [0.5, 0.6) is 5.88 Å². The molecule has 2 heterocycles. The molecule has 1 aliphatic rings. The van der Waals surface area contributed by atoms with E-state index in [1.807, 2.05) is 19.2 Å². The fraction of sp³-hybridized carbons (Fsp3) is 0.538. The molecule has 0 amide bonds. The SMILES string of the molecule is COCCOc1ncccc1CNC1=NCCN1C.I. The van der Waals surface area contributed by atoms with Crippen molar-refractivity contribution >= 4 is 29.9 Å². The number of nitrogens with one attached hydrogen (secondary N) is 1. The van der Waals surface area contributed by atoms with Crippen molar-refractivity contribution in [2.75, 3.05) is 40.5 Å². The Bertz CT molecular complexity index is 442. The maximum absolute atomic E-state index is 5.59. The van der Waals surface area contributed by atoms with Crippen LogP contribution in [0.4, 0.5) is 0 Å². The lowest BCUT2D eigenvalue weighted by Gasteiger charge is -2.16. The van der Waals surface area contributed by atoms with Gasteiger partial charge in [-0.3, -0.25) is 4.99 Å². The molecule has 0 aromatic carbocycles. The number of pyridine rings is 1. The first-order valence-electron chi connectivity index (χ1n) is 6.36. The summed E-state index contributed by atoms with van der Waals surface area (Å²) in [4.78, 5) is 10.7. The minimum Gasteiger partial charge on any atom is -0.475 e. The van der Waals surface area contributed by atoms with Gasteiger partial charge in [0.1, 0.15) is 6.61 Å². The van der Waals surface area contributed by atoms with E-state index in [4.69, 9.17) is 9.47 Å². The second-order valence-corrected chi connectivity index (χ2v) is 4.29. The molecule has 0 unspecified atom stereocenters. The minimum absolute atomic E-state index is 0. The predicted molar refractivity (Wildman–Crippen MR) is 88.8 cm³/mol. The Morgan fingerprint density at radius 3 is 2.95 bits per heavy atom. The quantitative estimate of drug-likeness (QED) is 0.581. The Kier molecular flexibility index (Phi) is 7.60. The lowest BCUT2D eigenvalue weighted by atomic mass is 10.2. The number of likely N-dealkylation sites (N-methyl/N-ethyl adjacent to an activating group) is 1. The second-order valence-electron chi connectivity index (χ2n) is 4.29. The molecule has 1 aliphatic heterocycles. The van der Waals surface area contributed by atoms with E-state index in [9.17, 15) is 0 Å². The van der Waals surface area contributed by atoms with E-state index in [0.717, 1.165) is 24.6 Å². The van der Waals surface area contributed by atoms with Gasteiger partial charge in [0, 0.05) is 39.0 Å². The summed E-state index contributed by atoms with van der Waals surface area (Å²) in [5, 5.41) is 3.30. The molecule has 0 spiro atoms. The van der Waals surface area contributed by atoms with Gasteiger partial charge in [0.2, 0.25) is 5.88 Å². The number of ether oxygens (including phenoxy) is 2. The highest BCUT2D eigenvalue weighted by molar-refractivity contribution is 14.0. The van der Waals surface area contributed by atoms with Crippen LogP contribution in [-0.4, -0.2) is 56.3 Å². The van der Waals surface area contributed by atoms with E-state index < -0.39 is 0 Å². The van der Waals surface area contributed by atoms with Crippen LogP contribution < -0.4 is 10.1 Å². The van der Waals surface area contributed by atoms with Crippen LogP contribution in [0.2, 0.25) is 0 Å². The Morgan fingerprint density at radius 1 is 1.40 bits per heavy atom. The Labute approximate surface area is 136 Å². The summed E-state index contributed by atoms with van der Waals surface area (Å²) in [6.45, 7) is 3.52. The molecule has 1 aromatic heterocycles. The lowest BCUT2D eigenvalue weighted by Crippen LogP contribution is -2.35. The molecule has 20 heavy (non-hydrogen) atoms. The molecule has 0 bridgehead atoms. The van der Waals surface area contributed by atoms with Gasteiger partial charge in [-0.1, -0.05) is 6.07 Å². The topological polar surface area (TPSA) is 59.0 Å². The van der Waals surface area contributed by atoms with Crippen LogP contribution in [0, 0.1) is 0 Å². The summed E-state index contributed by atoms with van der Waals surface area (Å²) >= 11 is 0. The number of guanidine groups is 1. The minimum atomic E-state index is 0. The summed E-state index contributed by atoms with van der Waals surface area (Å²) < 4.78 is 10.6. The van der Waals surface area contributed by atoms with E-state index in [2.05, 4.69) is 20.2 Å². The number of methoxy groups -OCH3 is 1. The summed E-state index contributed by atoms with van der Waals surface area (Å²) in [7, 11) is 3.68. The van der Waals surface area contributed by atoms with Crippen LogP contribution in [0.1, 0.15) is 5.56 Å². The number of hydrogen-bond donors (Lipinski definition) is 1. The van der Waals surface area contributed by atoms with Crippen molar-refractivity contribution in [2.45, 2.75) is 6.54 Å². The maximum atomic E-state index is 5.59. The van der Waals surface area contributed by atoms with E-state index in [0.29, 0.717) is 25.6 Å². The molecule has 1 aromatic rings. The molecule has 2 rings (SSSR count). The second kappa shape index (κ2) is 8.96. The van der Waals surface area contributed by atoms with Crippen LogP contribution in [0.25, 0.3) is 0 Å². The Hall–Kier alpha value is -1.09. The Balaban J connectivity index is 0.00000200. The number of aromatic nitrogens is 1. The maximum Gasteiger partial charge on any atom is 0.218 e. The van der Waals surface area contributed by atoms with Crippen molar-refractivity contribution in [3.8, 4) is 5.88 Å². The molecule has 0 saturated carbocycles.